The molecule has 0 fully saturated rings. The first-order chi connectivity index (χ1) is 38.4. The van der Waals surface area contributed by atoms with E-state index in [1.54, 1.807) is 25.1 Å². The number of carbonyl (C=O) groups excluding carboxylic acids is 6. The van der Waals surface area contributed by atoms with E-state index in [0.717, 1.165) is 41.7 Å². The molecule has 0 spiro atoms. The maximum Gasteiger partial charge on any atom is 0.326 e. The molecule has 0 saturated heterocycles. The lowest BCUT2D eigenvalue weighted by Crippen LogP contribution is -2.56. The molecule has 5 aromatic rings. The molecular formula is C55H67N13O9S3. The van der Waals surface area contributed by atoms with Gasteiger partial charge in [0, 0.05) is 42.1 Å². The first kappa shape index (κ1) is 60.1. The Morgan fingerprint density at radius 2 is 1.71 bits per heavy atom. The molecule has 25 heteroatoms. The number of hydrogen-bond acceptors (Lipinski definition) is 18. The Hall–Kier alpha value is -7.51. The fourth-order valence-corrected chi connectivity index (χ4v) is 11.5. The number of unbranched alkanes of at least 4 members (excludes halogenated alkanes) is 4. The fourth-order valence-electron chi connectivity index (χ4n) is 8.51. The maximum atomic E-state index is 14.0. The highest BCUT2D eigenvalue weighted by atomic mass is 32.2. The number of anilines is 2. The number of allylic oxidation sites excluding steroid dienone is 1. The lowest BCUT2D eigenvalue weighted by molar-refractivity contribution is -0.139. The Morgan fingerprint density at radius 1 is 0.950 bits per heavy atom. The van der Waals surface area contributed by atoms with E-state index in [4.69, 9.17) is 15.7 Å². The van der Waals surface area contributed by atoms with Crippen LogP contribution in [0.5, 0.6) is 0 Å². The van der Waals surface area contributed by atoms with Gasteiger partial charge in [0.15, 0.2) is 16.3 Å². The molecule has 0 radical (unpaired) electrons. The molecule has 424 valence electrons. The molecule has 2 aliphatic heterocycles. The zero-order valence-electron chi connectivity index (χ0n) is 45.0. The van der Waals surface area contributed by atoms with E-state index in [-0.39, 0.29) is 78.5 Å². The van der Waals surface area contributed by atoms with E-state index in [1.165, 1.54) is 59.6 Å². The van der Waals surface area contributed by atoms with E-state index in [1.807, 2.05) is 44.2 Å². The summed E-state index contributed by atoms with van der Waals surface area (Å²) in [5.41, 5.74) is 7.32. The van der Waals surface area contributed by atoms with Crippen LogP contribution in [-0.4, -0.2) is 111 Å². The van der Waals surface area contributed by atoms with Crippen molar-refractivity contribution in [1.82, 2.24) is 51.5 Å². The summed E-state index contributed by atoms with van der Waals surface area (Å²) in [7, 11) is 0. The number of hydrogen-bond donors (Lipinski definition) is 9. The number of H-pyrrole nitrogens is 1. The number of carboxylic acids is 1. The predicted molar refractivity (Wildman–Crippen MR) is 311 cm³/mol. The number of amides is 5. The van der Waals surface area contributed by atoms with E-state index < -0.39 is 58.8 Å². The third kappa shape index (κ3) is 17.0. The molecule has 1 unspecified atom stereocenters. The van der Waals surface area contributed by atoms with E-state index >= 15 is 0 Å². The number of benzene rings is 2. The number of aliphatic carboxylic acids is 1. The summed E-state index contributed by atoms with van der Waals surface area (Å²) in [5, 5.41) is 28.5. The number of carboxylic acid groups (broad SMARTS) is 1. The lowest BCUT2D eigenvalue weighted by atomic mass is 9.99. The molecule has 80 heavy (non-hydrogen) atoms. The smallest absolute Gasteiger partial charge is 0.326 e. The number of fused-ring (bicyclic) bond motifs is 5. The van der Waals surface area contributed by atoms with Gasteiger partial charge in [-0.2, -0.15) is 4.98 Å². The van der Waals surface area contributed by atoms with Gasteiger partial charge >= 0.3 is 5.97 Å². The molecule has 2 aromatic carbocycles. The Kier molecular flexibility index (Phi) is 21.5. The third-order valence-corrected chi connectivity index (χ3v) is 16.4. The van der Waals surface area contributed by atoms with E-state index in [9.17, 15) is 43.5 Å². The SMILES string of the molecule is CCCCCCCC(=O)SCC/C=C/C1CC(=O)NCc2nc(c(-c3ccc(CNC(=O)CC[C@H](NC(=O)c4ccc(NCc5cnc6nc(N)[nH]c(=O)c6n5)cc4)C(=O)O)cc3)s2)C2=N[C@@](C)(CS2)C(=O)N[C@@H](C(C)C)C(=O)N1. The van der Waals surface area contributed by atoms with Crippen molar-refractivity contribution in [2.75, 3.05) is 22.6 Å². The summed E-state index contributed by atoms with van der Waals surface area (Å²) in [6.45, 7) is 7.97. The minimum Gasteiger partial charge on any atom is -0.480 e. The van der Waals surface area contributed by atoms with E-state index in [2.05, 4.69) is 58.8 Å². The van der Waals surface area contributed by atoms with Crippen molar-refractivity contribution < 1.29 is 38.7 Å². The van der Waals surface area contributed by atoms with Gasteiger partial charge in [0.2, 0.25) is 29.6 Å². The summed E-state index contributed by atoms with van der Waals surface area (Å²) in [6.07, 6.45) is 11.2. The molecule has 5 heterocycles. The molecule has 2 aliphatic rings. The zero-order valence-corrected chi connectivity index (χ0v) is 47.5. The number of nitrogens with two attached hydrogens (primary N) is 1. The summed E-state index contributed by atoms with van der Waals surface area (Å²) in [4.78, 5) is 130. The average Bonchev–Trinajstić information content (AvgIpc) is 4.17. The van der Waals surface area contributed by atoms with Crippen molar-refractivity contribution in [3.05, 3.63) is 105 Å². The van der Waals surface area contributed by atoms with Crippen molar-refractivity contribution in [3.8, 4) is 10.4 Å². The molecule has 7 rings (SSSR count). The highest BCUT2D eigenvalue weighted by Crippen LogP contribution is 2.38. The topological polar surface area (TPSA) is 335 Å². The molecule has 0 saturated carbocycles. The molecule has 5 amide bonds. The number of aliphatic imine (C=N–C) groups is 1. The Bertz CT molecular complexity index is 3180. The van der Waals surface area contributed by atoms with Crippen LogP contribution in [0.3, 0.4) is 0 Å². The number of nitrogen functional groups attached to an aromatic ring is 1. The highest BCUT2D eigenvalue weighted by molar-refractivity contribution is 8.14. The number of thioether (sulfide) groups is 2. The number of thiazole rings is 1. The molecule has 4 atom stereocenters. The first-order valence-electron chi connectivity index (χ1n) is 26.6. The van der Waals surface area contributed by atoms with Crippen LogP contribution in [0.4, 0.5) is 11.6 Å². The molecule has 10 N–H and O–H groups in total. The Balaban J connectivity index is 0.939. The van der Waals surface area contributed by atoms with Crippen LogP contribution in [0.25, 0.3) is 21.6 Å². The molecule has 4 bridgehead atoms. The minimum atomic E-state index is -1.35. The molecule has 0 aliphatic carbocycles. The van der Waals surface area contributed by atoms with Crippen LogP contribution >= 0.6 is 34.9 Å². The highest BCUT2D eigenvalue weighted by Gasteiger charge is 2.42. The van der Waals surface area contributed by atoms with Crippen molar-refractivity contribution in [3.63, 3.8) is 0 Å². The standard InChI is InChI=1S/C55H67N13O9S3/c1-5-6-7-8-9-13-42(71)78-24-11-10-12-36-25-40(70)59-29-41-64-44(51-68-55(4,30-79-51)53(77)65-43(31(2)3)49(73)62-36)46(80-41)33-16-14-32(15-17-33)26-58-39(69)23-22-38(52(75)76)63-48(72)34-18-20-35(21-19-34)57-27-37-28-60-47-45(61-37)50(74)67-54(56)66-47/h10,12,14-21,28,31,36,38,43,57H,5-9,11,13,22-27,29-30H2,1-4H3,(H,58,69)(H,59,70)(H,62,73)(H,63,72)(H,65,77)(H,75,76)(H3,56,60,66,67,74)/b12-10+/t36?,38-,43-,55-/m0/s1. The van der Waals surface area contributed by atoms with Gasteiger partial charge in [0.25, 0.3) is 11.5 Å². The van der Waals surface area contributed by atoms with Crippen molar-refractivity contribution in [2.45, 2.75) is 135 Å². The van der Waals surface area contributed by atoms with Gasteiger partial charge < -0.3 is 42.7 Å². The Morgan fingerprint density at radius 3 is 2.45 bits per heavy atom. The monoisotopic (exact) mass is 1150 g/mol. The van der Waals surface area contributed by atoms with E-state index in [0.29, 0.717) is 51.5 Å². The van der Waals surface area contributed by atoms with Crippen LogP contribution in [-0.2, 0) is 48.4 Å². The fraction of sp³-hybridized carbons (Fsp3) is 0.436. The summed E-state index contributed by atoms with van der Waals surface area (Å²) >= 11 is 4.03. The molecular weight excluding hydrogens is 1080 g/mol. The second-order valence-corrected chi connectivity index (χ2v) is 23.1. The quantitative estimate of drug-likeness (QED) is 0.0277. The van der Waals surface area contributed by atoms with Crippen molar-refractivity contribution in [1.29, 1.82) is 0 Å². The van der Waals surface area contributed by atoms with Gasteiger partial charge in [-0.15, -0.1) is 23.1 Å². The normalized spacial score (nSPS) is 18.1. The number of aromatic nitrogens is 5. The van der Waals surface area contributed by atoms with Crippen LogP contribution in [0.2, 0.25) is 0 Å². The number of carbonyl (C=O) groups is 7. The van der Waals surface area contributed by atoms with Gasteiger partial charge in [-0.3, -0.25) is 43.5 Å². The van der Waals surface area contributed by atoms with Crippen molar-refractivity contribution in [2.24, 2.45) is 10.9 Å². The number of nitrogens with zero attached hydrogens (tertiary/aromatic N) is 5. The van der Waals surface area contributed by atoms with Gasteiger partial charge in [-0.1, -0.05) is 94.6 Å². The largest absolute Gasteiger partial charge is 0.480 e. The van der Waals surface area contributed by atoms with Gasteiger partial charge in [0.05, 0.1) is 42.3 Å². The number of aromatic amines is 1. The minimum absolute atomic E-state index is 0.0374. The summed E-state index contributed by atoms with van der Waals surface area (Å²) in [5.74, 6) is -3.02. The maximum absolute atomic E-state index is 14.0. The van der Waals surface area contributed by atoms with Gasteiger partial charge in [-0.25, -0.2) is 19.7 Å². The predicted octanol–water partition coefficient (Wildman–Crippen LogP) is 5.77. The van der Waals surface area contributed by atoms with Crippen LogP contribution < -0.4 is 43.2 Å². The second-order valence-electron chi connectivity index (χ2n) is 19.9. The first-order valence-corrected chi connectivity index (χ1v) is 29.3. The second kappa shape index (κ2) is 28.6. The third-order valence-electron chi connectivity index (χ3n) is 13.1. The lowest BCUT2D eigenvalue weighted by Gasteiger charge is -2.27. The summed E-state index contributed by atoms with van der Waals surface area (Å²) in [6, 6.07) is 10.7. The molecule has 3 aromatic heterocycles. The van der Waals surface area contributed by atoms with Gasteiger partial charge in [-0.05, 0) is 67.5 Å². The van der Waals surface area contributed by atoms with Crippen LogP contribution in [0.15, 0.2) is 76.7 Å². The average molecular weight is 1150 g/mol. The zero-order chi connectivity index (χ0) is 57.3. The Labute approximate surface area is 475 Å². The molecule has 22 nitrogen and oxygen atoms in total. The van der Waals surface area contributed by atoms with Crippen LogP contribution in [0, 0.1) is 5.92 Å². The van der Waals surface area contributed by atoms with Crippen LogP contribution in [0.1, 0.15) is 124 Å². The number of nitrogens with one attached hydrogen (secondary N) is 7. The van der Waals surface area contributed by atoms with Crippen molar-refractivity contribution >= 4 is 103 Å². The number of rotatable bonds is 23. The summed E-state index contributed by atoms with van der Waals surface area (Å²) < 4.78 is 0. The van der Waals surface area contributed by atoms with Gasteiger partial charge in [0.1, 0.15) is 33.4 Å².